The van der Waals surface area contributed by atoms with Gasteiger partial charge in [-0.25, -0.2) is 4.79 Å². The van der Waals surface area contributed by atoms with E-state index in [1.165, 1.54) is 7.11 Å². The summed E-state index contributed by atoms with van der Waals surface area (Å²) >= 11 is 0. The van der Waals surface area contributed by atoms with Crippen molar-refractivity contribution in [2.45, 2.75) is 0 Å². The van der Waals surface area contributed by atoms with Crippen LogP contribution in [0.15, 0.2) is 0 Å². The third-order valence-corrected chi connectivity index (χ3v) is 1.17. The minimum Gasteiger partial charge on any atom is -0.448 e. The van der Waals surface area contributed by atoms with E-state index in [1.807, 2.05) is 0 Å². The molecule has 0 saturated carbocycles. The molecule has 12 heavy (non-hydrogen) atoms. The van der Waals surface area contributed by atoms with Gasteiger partial charge in [-0.05, 0) is 0 Å². The molecule has 1 amide bonds. The van der Waals surface area contributed by atoms with Crippen molar-refractivity contribution >= 4 is 6.09 Å². The van der Waals surface area contributed by atoms with Crippen LogP contribution in [0.3, 0.4) is 0 Å². The van der Waals surface area contributed by atoms with Crippen LogP contribution in [0.2, 0.25) is 0 Å². The quantitative estimate of drug-likeness (QED) is 0.567. The average molecular weight is 172 g/mol. The molecule has 0 aromatic carbocycles. The third kappa shape index (κ3) is 4.52. The van der Waals surface area contributed by atoms with Crippen LogP contribution >= 0.6 is 0 Å². The Labute approximate surface area is 71.5 Å². The van der Waals surface area contributed by atoms with E-state index in [4.69, 9.17) is 5.26 Å². The van der Waals surface area contributed by atoms with Gasteiger partial charge in [0.25, 0.3) is 0 Å². The zero-order valence-electron chi connectivity index (χ0n) is 7.24. The highest BCUT2D eigenvalue weighted by Gasteiger charge is 2.15. The van der Waals surface area contributed by atoms with Crippen LogP contribution in [0, 0.1) is 11.3 Å². The Hall–Kier alpha value is -1.28. The number of carbonyl (C=O) groups is 1. The topological polar surface area (TPSA) is 62.6 Å². The van der Waals surface area contributed by atoms with Crippen LogP contribution in [0.25, 0.3) is 0 Å². The second-order valence-electron chi connectivity index (χ2n) is 2.13. The molecule has 0 aromatic heterocycles. The van der Waals surface area contributed by atoms with Crippen LogP contribution in [-0.4, -0.2) is 44.9 Å². The van der Waals surface area contributed by atoms with E-state index in [9.17, 15) is 4.79 Å². The maximum atomic E-state index is 10.3. The molecule has 0 aromatic rings. The molecule has 0 atom stereocenters. The van der Waals surface area contributed by atoms with Gasteiger partial charge in [0.2, 0.25) is 0 Å². The summed E-state index contributed by atoms with van der Waals surface area (Å²) in [6.07, 6.45) is -0.208. The van der Waals surface area contributed by atoms with Crippen LogP contribution < -0.4 is 0 Å². The fourth-order valence-electron chi connectivity index (χ4n) is 0.536. The van der Waals surface area contributed by atoms with E-state index in [1.54, 1.807) is 18.0 Å². The fraction of sp³-hybridized carbons (Fsp3) is 0.714. The Bertz CT molecular complexity index is 176. The summed E-state index contributed by atoms with van der Waals surface area (Å²) in [5, 5.41) is 7.69. The van der Waals surface area contributed by atoms with Gasteiger partial charge in [0, 0.05) is 14.2 Å². The number of nitriles is 1. The second-order valence-corrected chi connectivity index (χ2v) is 2.13. The summed E-state index contributed by atoms with van der Waals surface area (Å²) in [6, 6.07) is 1.80. The summed E-state index contributed by atoms with van der Waals surface area (Å²) in [4.78, 5) is 11.8. The number of amides is 1. The molecular weight excluding hydrogens is 160 g/mol. The molecule has 1 heterocycles. The molecule has 0 N–H and O–H groups in total. The lowest BCUT2D eigenvalue weighted by Crippen LogP contribution is -2.17. The molecule has 1 aliphatic heterocycles. The van der Waals surface area contributed by atoms with Crippen molar-refractivity contribution < 1.29 is 14.3 Å². The first-order valence-electron chi connectivity index (χ1n) is 3.46. The maximum absolute atomic E-state index is 10.3. The van der Waals surface area contributed by atoms with Crippen LogP contribution in [0.5, 0.6) is 0 Å². The number of nitrogens with zero attached hydrogens (tertiary/aromatic N) is 2. The Morgan fingerprint density at radius 1 is 1.83 bits per heavy atom. The lowest BCUT2D eigenvalue weighted by Gasteiger charge is -1.98. The Balaban J connectivity index is 0.000000217. The van der Waals surface area contributed by atoms with Gasteiger partial charge in [-0.1, -0.05) is 0 Å². The first-order chi connectivity index (χ1) is 5.72. The number of ether oxygens (including phenoxy) is 2. The largest absolute Gasteiger partial charge is 0.448 e. The van der Waals surface area contributed by atoms with E-state index in [0.29, 0.717) is 6.61 Å². The zero-order chi connectivity index (χ0) is 9.40. The predicted molar refractivity (Wildman–Crippen MR) is 41.5 cm³/mol. The molecule has 0 spiro atoms. The minimum atomic E-state index is -0.208. The van der Waals surface area contributed by atoms with Gasteiger partial charge >= 0.3 is 6.09 Å². The SMILES string of the molecule is CN1CCOC1=O.COCC#N. The summed E-state index contributed by atoms with van der Waals surface area (Å²) in [5.74, 6) is 0. The van der Waals surface area contributed by atoms with Gasteiger partial charge in [0.15, 0.2) is 0 Å². The monoisotopic (exact) mass is 172 g/mol. The number of methoxy groups -OCH3 is 1. The molecule has 1 aliphatic rings. The summed E-state index contributed by atoms with van der Waals surface area (Å²) in [6.45, 7) is 1.48. The molecule has 0 bridgehead atoms. The Kier molecular flexibility index (Phi) is 5.75. The molecule has 5 heteroatoms. The van der Waals surface area contributed by atoms with Gasteiger partial charge in [0.05, 0.1) is 12.6 Å². The zero-order valence-corrected chi connectivity index (χ0v) is 7.24. The van der Waals surface area contributed by atoms with Gasteiger partial charge < -0.3 is 14.4 Å². The van der Waals surface area contributed by atoms with Crippen molar-refractivity contribution in [2.75, 3.05) is 33.9 Å². The van der Waals surface area contributed by atoms with Crippen molar-refractivity contribution in [3.05, 3.63) is 0 Å². The molecule has 0 unspecified atom stereocenters. The standard InChI is InChI=1S/C4H7NO2.C3H5NO/c1-5-2-3-7-4(5)6;1-5-3-2-4/h2-3H2,1H3;3H2,1H3. The lowest BCUT2D eigenvalue weighted by molar-refractivity contribution is 0.163. The lowest BCUT2D eigenvalue weighted by atomic mass is 10.7. The minimum absolute atomic E-state index is 0.194. The first-order valence-corrected chi connectivity index (χ1v) is 3.46. The van der Waals surface area contributed by atoms with Crippen molar-refractivity contribution in [1.82, 2.24) is 4.90 Å². The number of carbonyl (C=O) groups excluding carboxylic acids is 1. The molecule has 1 rings (SSSR count). The fourth-order valence-corrected chi connectivity index (χ4v) is 0.536. The van der Waals surface area contributed by atoms with E-state index < -0.39 is 0 Å². The third-order valence-electron chi connectivity index (χ3n) is 1.17. The second kappa shape index (κ2) is 6.43. The molecule has 0 aliphatic carbocycles. The van der Waals surface area contributed by atoms with Crippen LogP contribution in [0.4, 0.5) is 4.79 Å². The van der Waals surface area contributed by atoms with E-state index in [0.717, 1.165) is 6.54 Å². The summed E-state index contributed by atoms with van der Waals surface area (Å²) < 4.78 is 8.88. The van der Waals surface area contributed by atoms with Crippen molar-refractivity contribution in [3.63, 3.8) is 0 Å². The highest BCUT2D eigenvalue weighted by Crippen LogP contribution is 1.96. The number of likely N-dealkylation sites (N-methyl/N-ethyl adjacent to an activating group) is 1. The van der Waals surface area contributed by atoms with Crippen molar-refractivity contribution in [3.8, 4) is 6.07 Å². The molecular formula is C7H12N2O3. The highest BCUT2D eigenvalue weighted by atomic mass is 16.6. The molecule has 5 nitrogen and oxygen atoms in total. The number of rotatable bonds is 1. The number of hydrogen-bond donors (Lipinski definition) is 0. The van der Waals surface area contributed by atoms with Gasteiger partial charge in [0.1, 0.15) is 13.2 Å². The molecule has 0 radical (unpaired) electrons. The van der Waals surface area contributed by atoms with E-state index >= 15 is 0 Å². The smallest absolute Gasteiger partial charge is 0.409 e. The normalized spacial score (nSPS) is 14.4. The molecule has 68 valence electrons. The van der Waals surface area contributed by atoms with Gasteiger partial charge in [-0.3, -0.25) is 0 Å². The van der Waals surface area contributed by atoms with Crippen molar-refractivity contribution in [2.24, 2.45) is 0 Å². The van der Waals surface area contributed by atoms with E-state index in [-0.39, 0.29) is 12.7 Å². The molecule has 1 saturated heterocycles. The first kappa shape index (κ1) is 10.7. The summed E-state index contributed by atoms with van der Waals surface area (Å²) in [7, 11) is 3.21. The van der Waals surface area contributed by atoms with Gasteiger partial charge in [-0.2, -0.15) is 5.26 Å². The number of cyclic esters (lactones) is 1. The van der Waals surface area contributed by atoms with Crippen LogP contribution in [0.1, 0.15) is 0 Å². The Morgan fingerprint density at radius 3 is 2.58 bits per heavy atom. The Morgan fingerprint density at radius 2 is 2.50 bits per heavy atom. The average Bonchev–Trinajstić information content (AvgIpc) is 2.39. The van der Waals surface area contributed by atoms with Crippen LogP contribution in [-0.2, 0) is 9.47 Å². The highest BCUT2D eigenvalue weighted by molar-refractivity contribution is 5.68. The summed E-state index contributed by atoms with van der Waals surface area (Å²) in [5.41, 5.74) is 0. The van der Waals surface area contributed by atoms with Crippen molar-refractivity contribution in [1.29, 1.82) is 5.26 Å². The van der Waals surface area contributed by atoms with Gasteiger partial charge in [-0.15, -0.1) is 0 Å². The van der Waals surface area contributed by atoms with E-state index in [2.05, 4.69) is 9.47 Å². The maximum Gasteiger partial charge on any atom is 0.409 e. The number of hydrogen-bond acceptors (Lipinski definition) is 4. The predicted octanol–water partition coefficient (Wildman–Crippen LogP) is 0.225. The molecule has 1 fully saturated rings.